The highest BCUT2D eigenvalue weighted by atomic mass is 16.6. The molecule has 124 valence electrons. The maximum absolute atomic E-state index is 12.9. The van der Waals surface area contributed by atoms with Crippen molar-refractivity contribution < 1.29 is 14.3 Å². The van der Waals surface area contributed by atoms with Gasteiger partial charge < -0.3 is 9.47 Å². The first-order valence-electron chi connectivity index (χ1n) is 9.51. The lowest BCUT2D eigenvalue weighted by Gasteiger charge is -2.45. The molecule has 5 unspecified atom stereocenters. The smallest absolute Gasteiger partial charge is 0.312 e. The summed E-state index contributed by atoms with van der Waals surface area (Å²) in [5.41, 5.74) is -0.165. The van der Waals surface area contributed by atoms with Gasteiger partial charge in [0.1, 0.15) is 0 Å². The molecule has 0 spiro atoms. The fourth-order valence-electron chi connectivity index (χ4n) is 5.55. The zero-order valence-corrected chi connectivity index (χ0v) is 13.9. The normalized spacial score (nSPS) is 46.7. The first-order valence-corrected chi connectivity index (χ1v) is 9.51. The first-order chi connectivity index (χ1) is 10.7. The number of carbonyl (C=O) groups excluding carboxylic acids is 1. The van der Waals surface area contributed by atoms with Gasteiger partial charge in [0.25, 0.3) is 0 Å². The molecule has 1 heterocycles. The van der Waals surface area contributed by atoms with E-state index in [1.54, 1.807) is 0 Å². The van der Waals surface area contributed by atoms with Crippen LogP contribution in [-0.2, 0) is 14.3 Å². The summed E-state index contributed by atoms with van der Waals surface area (Å²) in [4.78, 5) is 12.9. The Bertz CT molecular complexity index is 420. The molecule has 3 nitrogen and oxygen atoms in total. The highest BCUT2D eigenvalue weighted by Crippen LogP contribution is 2.51. The first kappa shape index (κ1) is 15.0. The van der Waals surface area contributed by atoms with Crippen molar-refractivity contribution in [2.45, 2.75) is 83.3 Å². The number of epoxide rings is 1. The summed E-state index contributed by atoms with van der Waals surface area (Å²) < 4.78 is 11.4. The number of esters is 1. The monoisotopic (exact) mass is 306 g/mol. The van der Waals surface area contributed by atoms with Crippen molar-refractivity contribution in [3.8, 4) is 0 Å². The van der Waals surface area contributed by atoms with E-state index in [4.69, 9.17) is 9.47 Å². The molecule has 4 aliphatic rings. The van der Waals surface area contributed by atoms with Crippen molar-refractivity contribution in [1.29, 1.82) is 0 Å². The van der Waals surface area contributed by atoms with Crippen LogP contribution in [0, 0.1) is 23.2 Å². The fraction of sp³-hybridized carbons (Fsp3) is 0.947. The number of rotatable bonds is 4. The van der Waals surface area contributed by atoms with Crippen LogP contribution in [0.5, 0.6) is 0 Å². The molecule has 0 aromatic rings. The van der Waals surface area contributed by atoms with Crippen LogP contribution in [-0.4, -0.2) is 24.8 Å². The lowest BCUT2D eigenvalue weighted by Crippen LogP contribution is -2.42. The zero-order chi connectivity index (χ0) is 15.2. The summed E-state index contributed by atoms with van der Waals surface area (Å²) in [7, 11) is 0. The van der Waals surface area contributed by atoms with Gasteiger partial charge in [0.2, 0.25) is 0 Å². The van der Waals surface area contributed by atoms with Gasteiger partial charge in [-0.1, -0.05) is 26.2 Å². The molecule has 0 N–H and O–H groups in total. The third-order valence-electron chi connectivity index (χ3n) is 6.92. The molecule has 0 amide bonds. The predicted molar refractivity (Wildman–Crippen MR) is 84.4 cm³/mol. The minimum absolute atomic E-state index is 0.116. The highest BCUT2D eigenvalue weighted by Gasteiger charge is 2.48. The Hall–Kier alpha value is -0.570. The Morgan fingerprint density at radius 3 is 2.55 bits per heavy atom. The summed E-state index contributed by atoms with van der Waals surface area (Å²) in [6.45, 7) is 2.81. The topological polar surface area (TPSA) is 38.8 Å². The maximum Gasteiger partial charge on any atom is 0.312 e. The summed E-state index contributed by atoms with van der Waals surface area (Å²) in [6, 6.07) is 0. The number of hydrogen-bond donors (Lipinski definition) is 0. The second kappa shape index (κ2) is 5.81. The third-order valence-corrected chi connectivity index (χ3v) is 6.92. The molecular formula is C19H30O3. The van der Waals surface area contributed by atoms with Crippen molar-refractivity contribution in [3.63, 3.8) is 0 Å². The minimum Gasteiger partial charge on any atom is -0.465 e. The van der Waals surface area contributed by atoms with Gasteiger partial charge in [-0.25, -0.2) is 0 Å². The number of ether oxygens (including phenoxy) is 2. The maximum atomic E-state index is 12.9. The summed E-state index contributed by atoms with van der Waals surface area (Å²) >= 11 is 0. The van der Waals surface area contributed by atoms with E-state index in [9.17, 15) is 4.79 Å². The molecule has 0 aromatic carbocycles. The molecule has 0 radical (unpaired) electrons. The van der Waals surface area contributed by atoms with E-state index in [0.717, 1.165) is 43.9 Å². The highest BCUT2D eigenvalue weighted by molar-refractivity contribution is 5.77. The lowest BCUT2D eigenvalue weighted by atomic mass is 9.60. The summed E-state index contributed by atoms with van der Waals surface area (Å²) in [6.07, 6.45) is 12.9. The predicted octanol–water partition coefficient (Wildman–Crippen LogP) is 4.09. The Balaban J connectivity index is 1.35. The Morgan fingerprint density at radius 1 is 1.09 bits per heavy atom. The lowest BCUT2D eigenvalue weighted by molar-refractivity contribution is -0.163. The Morgan fingerprint density at radius 2 is 1.86 bits per heavy atom. The fourth-order valence-corrected chi connectivity index (χ4v) is 5.55. The van der Waals surface area contributed by atoms with Crippen molar-refractivity contribution >= 4 is 5.97 Å². The molecule has 3 saturated carbocycles. The van der Waals surface area contributed by atoms with Gasteiger partial charge in [-0.2, -0.15) is 0 Å². The summed E-state index contributed by atoms with van der Waals surface area (Å²) in [5.74, 6) is 2.20. The molecule has 0 aromatic heterocycles. The van der Waals surface area contributed by atoms with E-state index in [1.807, 2.05) is 0 Å². The largest absolute Gasteiger partial charge is 0.465 e. The molecule has 5 atom stereocenters. The van der Waals surface area contributed by atoms with Gasteiger partial charge in [-0.3, -0.25) is 4.79 Å². The molecule has 2 bridgehead atoms. The number of fused-ring (bicyclic) bond motifs is 3. The zero-order valence-electron chi connectivity index (χ0n) is 13.9. The second-order valence-corrected chi connectivity index (χ2v) is 8.43. The third kappa shape index (κ3) is 2.81. The van der Waals surface area contributed by atoms with E-state index >= 15 is 0 Å². The van der Waals surface area contributed by atoms with Crippen LogP contribution in [0.15, 0.2) is 0 Å². The summed E-state index contributed by atoms with van der Waals surface area (Å²) in [5, 5.41) is 0. The minimum atomic E-state index is -0.165. The van der Waals surface area contributed by atoms with Crippen molar-refractivity contribution in [1.82, 2.24) is 0 Å². The van der Waals surface area contributed by atoms with Crippen molar-refractivity contribution in [3.05, 3.63) is 0 Å². The van der Waals surface area contributed by atoms with Gasteiger partial charge in [-0.15, -0.1) is 0 Å². The Kier molecular flexibility index (Phi) is 3.96. The van der Waals surface area contributed by atoms with Gasteiger partial charge in [0, 0.05) is 0 Å². The van der Waals surface area contributed by atoms with E-state index in [-0.39, 0.29) is 11.4 Å². The van der Waals surface area contributed by atoms with Crippen molar-refractivity contribution in [2.24, 2.45) is 23.2 Å². The van der Waals surface area contributed by atoms with E-state index in [1.165, 1.54) is 32.1 Å². The quantitative estimate of drug-likeness (QED) is 0.580. The molecule has 1 saturated heterocycles. The average Bonchev–Trinajstić information content (AvgIpc) is 3.30. The molecule has 22 heavy (non-hydrogen) atoms. The molecule has 4 fully saturated rings. The van der Waals surface area contributed by atoms with E-state index < -0.39 is 0 Å². The van der Waals surface area contributed by atoms with Crippen LogP contribution in [0.4, 0.5) is 0 Å². The van der Waals surface area contributed by atoms with Crippen LogP contribution >= 0.6 is 0 Å². The number of carbonyl (C=O) groups is 1. The molecule has 3 heteroatoms. The second-order valence-electron chi connectivity index (χ2n) is 8.43. The molecule has 3 aliphatic carbocycles. The average molecular weight is 306 g/mol. The van der Waals surface area contributed by atoms with E-state index in [2.05, 4.69) is 6.92 Å². The standard InChI is InChI=1S/C19H30O3/c1-2-19(10-13-4-3-5-14(8-13)11-19)18(20)21-12-15-6-7-16-17(9-15)22-16/h13-17H,2-12H2,1H3. The van der Waals surface area contributed by atoms with Crippen LogP contribution in [0.2, 0.25) is 0 Å². The van der Waals surface area contributed by atoms with E-state index in [0.29, 0.717) is 24.7 Å². The van der Waals surface area contributed by atoms with Gasteiger partial charge >= 0.3 is 5.97 Å². The SMILES string of the molecule is CCC1(C(=O)OCC2CCC3OC3C2)CC2CCCC(C2)C1. The number of hydrogen-bond acceptors (Lipinski definition) is 3. The van der Waals surface area contributed by atoms with Gasteiger partial charge in [-0.05, 0) is 62.7 Å². The van der Waals surface area contributed by atoms with Crippen LogP contribution < -0.4 is 0 Å². The van der Waals surface area contributed by atoms with Crippen LogP contribution in [0.25, 0.3) is 0 Å². The molecular weight excluding hydrogens is 276 g/mol. The Labute approximate surface area is 134 Å². The van der Waals surface area contributed by atoms with Gasteiger partial charge in [0.15, 0.2) is 0 Å². The molecule has 1 aliphatic heterocycles. The van der Waals surface area contributed by atoms with Crippen LogP contribution in [0.1, 0.15) is 71.1 Å². The van der Waals surface area contributed by atoms with Crippen LogP contribution in [0.3, 0.4) is 0 Å². The van der Waals surface area contributed by atoms with Crippen molar-refractivity contribution in [2.75, 3.05) is 6.61 Å². The molecule has 4 rings (SSSR count). The van der Waals surface area contributed by atoms with Gasteiger partial charge in [0.05, 0.1) is 24.2 Å².